The largest absolute Gasteiger partial charge is 0.369 e. The van der Waals surface area contributed by atoms with Crippen molar-refractivity contribution < 1.29 is 9.53 Å². The van der Waals surface area contributed by atoms with Gasteiger partial charge >= 0.3 is 0 Å². The van der Waals surface area contributed by atoms with Gasteiger partial charge in [0.25, 0.3) is 0 Å². The van der Waals surface area contributed by atoms with Gasteiger partial charge in [-0.25, -0.2) is 0 Å². The Morgan fingerprint density at radius 2 is 2.27 bits per heavy atom. The van der Waals surface area contributed by atoms with Crippen molar-refractivity contribution in [3.63, 3.8) is 0 Å². The van der Waals surface area contributed by atoms with Gasteiger partial charge in [-0.15, -0.1) is 0 Å². The van der Waals surface area contributed by atoms with E-state index < -0.39 is 0 Å². The molecule has 0 N–H and O–H groups in total. The fraction of sp³-hybridized carbons (Fsp3) is 0.909. The third-order valence-electron chi connectivity index (χ3n) is 2.90. The van der Waals surface area contributed by atoms with Crippen LogP contribution in [0.3, 0.4) is 0 Å². The zero-order valence-corrected chi connectivity index (χ0v) is 11.3. The SMILES string of the molecule is CC(C)OCC(=O)N1CCC(C)C1CBr. The number of carbonyl (C=O) groups excluding carboxylic acids is 1. The Labute approximate surface area is 100 Å². The molecule has 0 bridgehead atoms. The number of hydrogen-bond donors (Lipinski definition) is 0. The Bertz CT molecular complexity index is 221. The minimum absolute atomic E-state index is 0.122. The fourth-order valence-corrected chi connectivity index (χ4v) is 2.86. The molecule has 3 nitrogen and oxygen atoms in total. The molecule has 1 amide bonds. The van der Waals surface area contributed by atoms with E-state index in [-0.39, 0.29) is 18.6 Å². The highest BCUT2D eigenvalue weighted by Crippen LogP contribution is 2.25. The highest BCUT2D eigenvalue weighted by atomic mass is 79.9. The number of likely N-dealkylation sites (tertiary alicyclic amines) is 1. The van der Waals surface area contributed by atoms with Crippen LogP contribution in [0.15, 0.2) is 0 Å². The molecule has 0 saturated carbocycles. The molecule has 0 aromatic carbocycles. The van der Waals surface area contributed by atoms with Gasteiger partial charge in [0.15, 0.2) is 0 Å². The predicted octanol–water partition coefficient (Wildman–Crippen LogP) is 2.04. The summed E-state index contributed by atoms with van der Waals surface area (Å²) in [5, 5.41) is 0.863. The Hall–Kier alpha value is -0.0900. The first-order valence-electron chi connectivity index (χ1n) is 5.53. The number of hydrogen-bond acceptors (Lipinski definition) is 2. The molecule has 0 aliphatic carbocycles. The molecule has 1 rings (SSSR count). The third kappa shape index (κ3) is 3.45. The Morgan fingerprint density at radius 1 is 1.60 bits per heavy atom. The molecular weight excluding hydrogens is 258 g/mol. The van der Waals surface area contributed by atoms with Crippen LogP contribution in [0.25, 0.3) is 0 Å². The highest BCUT2D eigenvalue weighted by molar-refractivity contribution is 9.09. The number of alkyl halides is 1. The van der Waals surface area contributed by atoms with Crippen LogP contribution in [-0.2, 0) is 9.53 Å². The maximum atomic E-state index is 11.8. The van der Waals surface area contributed by atoms with E-state index in [1.807, 2.05) is 18.7 Å². The lowest BCUT2D eigenvalue weighted by atomic mass is 10.1. The second-order valence-electron chi connectivity index (χ2n) is 4.43. The van der Waals surface area contributed by atoms with Gasteiger partial charge in [0.2, 0.25) is 5.91 Å². The van der Waals surface area contributed by atoms with Gasteiger partial charge in [0.1, 0.15) is 6.61 Å². The summed E-state index contributed by atoms with van der Waals surface area (Å²) in [6.45, 7) is 7.18. The molecule has 2 atom stereocenters. The second kappa shape index (κ2) is 5.85. The van der Waals surface area contributed by atoms with Crippen LogP contribution in [-0.4, -0.2) is 41.4 Å². The molecule has 1 saturated heterocycles. The monoisotopic (exact) mass is 277 g/mol. The molecule has 4 heteroatoms. The van der Waals surface area contributed by atoms with Crippen LogP contribution >= 0.6 is 15.9 Å². The average Bonchev–Trinajstić information content (AvgIpc) is 2.55. The Balaban J connectivity index is 2.45. The van der Waals surface area contributed by atoms with Gasteiger partial charge in [-0.2, -0.15) is 0 Å². The van der Waals surface area contributed by atoms with Crippen molar-refractivity contribution in [3.8, 4) is 0 Å². The molecule has 1 fully saturated rings. The van der Waals surface area contributed by atoms with Crippen molar-refractivity contribution in [2.24, 2.45) is 5.92 Å². The zero-order chi connectivity index (χ0) is 11.4. The van der Waals surface area contributed by atoms with E-state index in [1.165, 1.54) is 0 Å². The molecule has 1 aliphatic heterocycles. The number of halogens is 1. The van der Waals surface area contributed by atoms with E-state index in [0.29, 0.717) is 12.0 Å². The minimum Gasteiger partial charge on any atom is -0.369 e. The first-order chi connectivity index (χ1) is 7.06. The first kappa shape index (κ1) is 13.0. The van der Waals surface area contributed by atoms with Crippen LogP contribution < -0.4 is 0 Å². The van der Waals surface area contributed by atoms with Gasteiger partial charge in [-0.3, -0.25) is 4.79 Å². The fourth-order valence-electron chi connectivity index (χ4n) is 1.87. The molecule has 1 heterocycles. The number of rotatable bonds is 4. The van der Waals surface area contributed by atoms with E-state index in [1.54, 1.807) is 0 Å². The first-order valence-corrected chi connectivity index (χ1v) is 6.65. The summed E-state index contributed by atoms with van der Waals surface area (Å²) in [6.07, 6.45) is 1.22. The lowest BCUT2D eigenvalue weighted by Gasteiger charge is -2.25. The van der Waals surface area contributed by atoms with Gasteiger partial charge < -0.3 is 9.64 Å². The summed E-state index contributed by atoms with van der Waals surface area (Å²) in [7, 11) is 0. The van der Waals surface area contributed by atoms with E-state index in [0.717, 1.165) is 18.3 Å². The summed E-state index contributed by atoms with van der Waals surface area (Å²) >= 11 is 3.47. The van der Waals surface area contributed by atoms with E-state index in [2.05, 4.69) is 22.9 Å². The van der Waals surface area contributed by atoms with Gasteiger partial charge in [0.05, 0.1) is 6.10 Å². The smallest absolute Gasteiger partial charge is 0.248 e. The summed E-state index contributed by atoms with van der Waals surface area (Å²) in [5.74, 6) is 0.713. The summed E-state index contributed by atoms with van der Waals surface area (Å²) in [4.78, 5) is 13.8. The standard InChI is InChI=1S/C11H20BrNO2/c1-8(2)15-7-11(14)13-5-4-9(3)10(13)6-12/h8-10H,4-7H2,1-3H3. The molecule has 0 spiro atoms. The second-order valence-corrected chi connectivity index (χ2v) is 5.08. The summed E-state index contributed by atoms with van der Waals surface area (Å²) < 4.78 is 5.34. The van der Waals surface area contributed by atoms with Gasteiger partial charge in [-0.05, 0) is 26.2 Å². The third-order valence-corrected chi connectivity index (χ3v) is 3.56. The van der Waals surface area contributed by atoms with Crippen molar-refractivity contribution in [1.82, 2.24) is 4.90 Å². The number of ether oxygens (including phenoxy) is 1. The molecule has 2 unspecified atom stereocenters. The van der Waals surface area contributed by atoms with Crippen molar-refractivity contribution in [2.45, 2.75) is 39.3 Å². The van der Waals surface area contributed by atoms with Crippen molar-refractivity contribution >= 4 is 21.8 Å². The van der Waals surface area contributed by atoms with Gasteiger partial charge in [0, 0.05) is 17.9 Å². The van der Waals surface area contributed by atoms with E-state index >= 15 is 0 Å². The highest BCUT2D eigenvalue weighted by Gasteiger charge is 2.33. The van der Waals surface area contributed by atoms with E-state index in [9.17, 15) is 4.79 Å². The number of nitrogens with zero attached hydrogens (tertiary/aromatic N) is 1. The van der Waals surface area contributed by atoms with Crippen molar-refractivity contribution in [1.29, 1.82) is 0 Å². The van der Waals surface area contributed by atoms with Crippen LogP contribution in [0.2, 0.25) is 0 Å². The van der Waals surface area contributed by atoms with E-state index in [4.69, 9.17) is 4.74 Å². The predicted molar refractivity (Wildman–Crippen MR) is 64.2 cm³/mol. The average molecular weight is 278 g/mol. The quantitative estimate of drug-likeness (QED) is 0.736. The summed E-state index contributed by atoms with van der Waals surface area (Å²) in [6, 6.07) is 0.341. The number of carbonyl (C=O) groups is 1. The van der Waals surface area contributed by atoms with Crippen LogP contribution in [0.5, 0.6) is 0 Å². The molecule has 15 heavy (non-hydrogen) atoms. The van der Waals surface area contributed by atoms with Gasteiger partial charge in [-0.1, -0.05) is 22.9 Å². The molecular formula is C11H20BrNO2. The van der Waals surface area contributed by atoms with Crippen molar-refractivity contribution in [3.05, 3.63) is 0 Å². The zero-order valence-electron chi connectivity index (χ0n) is 9.70. The maximum Gasteiger partial charge on any atom is 0.248 e. The summed E-state index contributed by atoms with van der Waals surface area (Å²) in [5.41, 5.74) is 0. The molecule has 0 radical (unpaired) electrons. The van der Waals surface area contributed by atoms with Crippen LogP contribution in [0.4, 0.5) is 0 Å². The molecule has 0 aromatic rings. The molecule has 0 aromatic heterocycles. The van der Waals surface area contributed by atoms with Crippen molar-refractivity contribution in [2.75, 3.05) is 18.5 Å². The normalized spacial score (nSPS) is 26.3. The molecule has 1 aliphatic rings. The van der Waals surface area contributed by atoms with Crippen LogP contribution in [0.1, 0.15) is 27.2 Å². The topological polar surface area (TPSA) is 29.5 Å². The maximum absolute atomic E-state index is 11.8. The lowest BCUT2D eigenvalue weighted by molar-refractivity contribution is -0.138. The Kier molecular flexibility index (Phi) is 5.06. The molecule has 88 valence electrons. The van der Waals surface area contributed by atoms with Crippen LogP contribution in [0, 0.1) is 5.92 Å². The lowest BCUT2D eigenvalue weighted by Crippen LogP contribution is -2.40. The number of amides is 1. The minimum atomic E-state index is 0.122. The Morgan fingerprint density at radius 3 is 2.80 bits per heavy atom.